The fourth-order valence-corrected chi connectivity index (χ4v) is 2.59. The van der Waals surface area contributed by atoms with Gasteiger partial charge >= 0.3 is 0 Å². The van der Waals surface area contributed by atoms with Gasteiger partial charge in [0.1, 0.15) is 5.82 Å². The molecule has 0 spiro atoms. The molecule has 1 aromatic carbocycles. The van der Waals surface area contributed by atoms with Gasteiger partial charge in [-0.15, -0.1) is 11.8 Å². The summed E-state index contributed by atoms with van der Waals surface area (Å²) < 4.78 is 13.0. The molecular weight excluding hydrogens is 249 g/mol. The maximum atomic E-state index is 13.0. The zero-order chi connectivity index (χ0) is 13.0. The molecule has 18 heavy (non-hydrogen) atoms. The average Bonchev–Trinajstić information content (AvgIpc) is 2.37. The molecule has 1 aromatic heterocycles. The van der Waals surface area contributed by atoms with E-state index in [1.165, 1.54) is 17.8 Å². The molecule has 1 unspecified atom stereocenters. The van der Waals surface area contributed by atoms with Gasteiger partial charge in [-0.05, 0) is 24.6 Å². The topological polar surface area (TPSA) is 33.1 Å². The largest absolute Gasteiger partial charge is 0.387 e. The van der Waals surface area contributed by atoms with E-state index in [9.17, 15) is 9.50 Å². The zero-order valence-corrected chi connectivity index (χ0v) is 10.8. The van der Waals surface area contributed by atoms with Crippen LogP contribution >= 0.6 is 11.8 Å². The second-order valence-electron chi connectivity index (χ2n) is 4.03. The Morgan fingerprint density at radius 3 is 2.83 bits per heavy atom. The average molecular weight is 263 g/mol. The number of hydrogen-bond donors (Lipinski definition) is 1. The Labute approximate surface area is 110 Å². The van der Waals surface area contributed by atoms with Crippen molar-refractivity contribution in [3.05, 3.63) is 59.7 Å². The van der Waals surface area contributed by atoms with Crippen molar-refractivity contribution in [1.82, 2.24) is 4.98 Å². The van der Waals surface area contributed by atoms with Crippen LogP contribution in [0.2, 0.25) is 0 Å². The lowest BCUT2D eigenvalue weighted by Crippen LogP contribution is -2.02. The van der Waals surface area contributed by atoms with Crippen molar-refractivity contribution in [2.75, 3.05) is 5.75 Å². The van der Waals surface area contributed by atoms with Crippen LogP contribution in [0.25, 0.3) is 0 Å². The van der Waals surface area contributed by atoms with E-state index in [-0.39, 0.29) is 0 Å². The second kappa shape index (κ2) is 5.98. The van der Waals surface area contributed by atoms with Crippen LogP contribution < -0.4 is 0 Å². The minimum absolute atomic E-state index is 0.424. The lowest BCUT2D eigenvalue weighted by atomic mass is 10.2. The quantitative estimate of drug-likeness (QED) is 0.859. The first-order valence-electron chi connectivity index (χ1n) is 5.64. The summed E-state index contributed by atoms with van der Waals surface area (Å²) >= 11 is 1.56. The first-order valence-corrected chi connectivity index (χ1v) is 6.62. The molecule has 0 bridgehead atoms. The molecular formula is C14H14FNOS. The number of aromatic nitrogens is 1. The number of rotatable bonds is 4. The second-order valence-corrected chi connectivity index (χ2v) is 5.09. The van der Waals surface area contributed by atoms with Gasteiger partial charge in [0.2, 0.25) is 0 Å². The normalized spacial score (nSPS) is 12.4. The molecule has 0 aliphatic carbocycles. The van der Waals surface area contributed by atoms with Crippen molar-refractivity contribution in [2.24, 2.45) is 0 Å². The Morgan fingerprint density at radius 1 is 1.33 bits per heavy atom. The van der Waals surface area contributed by atoms with Crippen LogP contribution in [0.15, 0.2) is 47.6 Å². The highest BCUT2D eigenvalue weighted by atomic mass is 32.2. The van der Waals surface area contributed by atoms with Crippen LogP contribution in [0.4, 0.5) is 4.39 Å². The van der Waals surface area contributed by atoms with Crippen LogP contribution in [-0.2, 0) is 0 Å². The third-order valence-electron chi connectivity index (χ3n) is 2.60. The Balaban J connectivity index is 2.00. The van der Waals surface area contributed by atoms with Gasteiger partial charge in [0.15, 0.2) is 0 Å². The number of pyridine rings is 1. The molecule has 0 saturated heterocycles. The summed E-state index contributed by atoms with van der Waals surface area (Å²) in [6.45, 7) is 2.03. The van der Waals surface area contributed by atoms with Crippen molar-refractivity contribution in [1.29, 1.82) is 0 Å². The fraction of sp³-hybridized carbons (Fsp3) is 0.214. The summed E-state index contributed by atoms with van der Waals surface area (Å²) in [5.74, 6) is 0.0585. The lowest BCUT2D eigenvalue weighted by Gasteiger charge is -2.11. The molecule has 1 heterocycles. The molecule has 0 aliphatic heterocycles. The number of aliphatic hydroxyl groups excluding tert-OH is 1. The van der Waals surface area contributed by atoms with Crippen molar-refractivity contribution < 1.29 is 9.50 Å². The Hall–Kier alpha value is -1.39. The molecule has 0 fully saturated rings. The molecule has 2 aromatic rings. The molecule has 0 amide bonds. The standard InChI is InChI=1S/C14H14FNOS/c1-10-4-2-3-5-14(10)18-9-13(17)11-6-12(15)8-16-7-11/h2-8,13,17H,9H2,1H3. The van der Waals surface area contributed by atoms with E-state index in [0.717, 1.165) is 11.1 Å². The minimum atomic E-state index is -0.710. The summed E-state index contributed by atoms with van der Waals surface area (Å²) in [6.07, 6.45) is 1.91. The monoisotopic (exact) mass is 263 g/mol. The molecule has 2 rings (SSSR count). The molecule has 2 nitrogen and oxygen atoms in total. The van der Waals surface area contributed by atoms with Gasteiger partial charge in [0.25, 0.3) is 0 Å². The van der Waals surface area contributed by atoms with Crippen LogP contribution in [0.3, 0.4) is 0 Å². The van der Waals surface area contributed by atoms with Crippen molar-refractivity contribution in [3.63, 3.8) is 0 Å². The van der Waals surface area contributed by atoms with Crippen molar-refractivity contribution in [3.8, 4) is 0 Å². The predicted octanol–water partition coefficient (Wildman–Crippen LogP) is 3.35. The van der Waals surface area contributed by atoms with Gasteiger partial charge in [0, 0.05) is 22.4 Å². The van der Waals surface area contributed by atoms with E-state index in [1.54, 1.807) is 11.8 Å². The van der Waals surface area contributed by atoms with E-state index in [0.29, 0.717) is 11.3 Å². The molecule has 0 radical (unpaired) electrons. The molecule has 1 atom stereocenters. The highest BCUT2D eigenvalue weighted by Crippen LogP contribution is 2.26. The summed E-state index contributed by atoms with van der Waals surface area (Å²) in [4.78, 5) is 4.86. The molecule has 0 saturated carbocycles. The maximum Gasteiger partial charge on any atom is 0.141 e. The highest BCUT2D eigenvalue weighted by molar-refractivity contribution is 7.99. The third-order valence-corrected chi connectivity index (χ3v) is 3.85. The van der Waals surface area contributed by atoms with Gasteiger partial charge in [-0.2, -0.15) is 0 Å². The smallest absolute Gasteiger partial charge is 0.141 e. The number of hydrogen-bond acceptors (Lipinski definition) is 3. The summed E-state index contributed by atoms with van der Waals surface area (Å²) in [5, 5.41) is 9.97. The van der Waals surface area contributed by atoms with Crippen LogP contribution in [0.5, 0.6) is 0 Å². The van der Waals surface area contributed by atoms with Crippen molar-refractivity contribution >= 4 is 11.8 Å². The van der Waals surface area contributed by atoms with Crippen LogP contribution in [0.1, 0.15) is 17.2 Å². The highest BCUT2D eigenvalue weighted by Gasteiger charge is 2.10. The number of nitrogens with zero attached hydrogens (tertiary/aromatic N) is 1. The van der Waals surface area contributed by atoms with E-state index in [1.807, 2.05) is 31.2 Å². The van der Waals surface area contributed by atoms with Crippen LogP contribution in [-0.4, -0.2) is 15.8 Å². The fourth-order valence-electron chi connectivity index (χ4n) is 1.59. The maximum absolute atomic E-state index is 13.0. The third kappa shape index (κ3) is 3.31. The number of halogens is 1. The van der Waals surface area contributed by atoms with Gasteiger partial charge in [0.05, 0.1) is 12.3 Å². The summed E-state index contributed by atoms with van der Waals surface area (Å²) in [6, 6.07) is 9.29. The zero-order valence-electron chi connectivity index (χ0n) is 10.0. The van der Waals surface area contributed by atoms with E-state index in [2.05, 4.69) is 4.98 Å². The summed E-state index contributed by atoms with van der Waals surface area (Å²) in [7, 11) is 0. The van der Waals surface area contributed by atoms with Crippen LogP contribution in [0, 0.1) is 12.7 Å². The molecule has 1 N–H and O–H groups in total. The van der Waals surface area contributed by atoms with E-state index >= 15 is 0 Å². The number of benzene rings is 1. The molecule has 4 heteroatoms. The SMILES string of the molecule is Cc1ccccc1SCC(O)c1cncc(F)c1. The molecule has 94 valence electrons. The van der Waals surface area contributed by atoms with Gasteiger partial charge in [-0.25, -0.2) is 4.39 Å². The first-order chi connectivity index (χ1) is 8.66. The van der Waals surface area contributed by atoms with Crippen molar-refractivity contribution in [2.45, 2.75) is 17.9 Å². The number of aryl methyl sites for hydroxylation is 1. The summed E-state index contributed by atoms with van der Waals surface area (Å²) in [5.41, 5.74) is 1.68. The first kappa shape index (κ1) is 13.1. The molecule has 0 aliphatic rings. The Bertz CT molecular complexity index is 533. The minimum Gasteiger partial charge on any atom is -0.387 e. The predicted molar refractivity (Wildman–Crippen MR) is 71.1 cm³/mol. The number of thioether (sulfide) groups is 1. The Morgan fingerprint density at radius 2 is 2.11 bits per heavy atom. The van der Waals surface area contributed by atoms with Gasteiger partial charge in [-0.1, -0.05) is 18.2 Å². The van der Waals surface area contributed by atoms with Gasteiger partial charge < -0.3 is 5.11 Å². The van der Waals surface area contributed by atoms with Gasteiger partial charge in [-0.3, -0.25) is 4.98 Å². The lowest BCUT2D eigenvalue weighted by molar-refractivity contribution is 0.203. The number of aliphatic hydroxyl groups is 1. The Kier molecular flexibility index (Phi) is 4.33. The van der Waals surface area contributed by atoms with E-state index in [4.69, 9.17) is 0 Å². The van der Waals surface area contributed by atoms with E-state index < -0.39 is 11.9 Å².